The summed E-state index contributed by atoms with van der Waals surface area (Å²) in [5.41, 5.74) is 4.03. The first-order valence-corrected chi connectivity index (χ1v) is 14.9. The number of methoxy groups -OCH3 is 2. The van der Waals surface area contributed by atoms with Gasteiger partial charge in [0.1, 0.15) is 11.5 Å². The van der Waals surface area contributed by atoms with Crippen LogP contribution in [0.4, 0.5) is 11.4 Å². The minimum absolute atomic E-state index is 0.223. The summed E-state index contributed by atoms with van der Waals surface area (Å²) < 4.78 is 10.6. The summed E-state index contributed by atoms with van der Waals surface area (Å²) in [4.78, 5) is 59.3. The number of amides is 4. The Morgan fingerprint density at radius 1 is 0.591 bits per heavy atom. The molecule has 1 saturated carbocycles. The number of ether oxygens (including phenoxy) is 2. The molecule has 8 heteroatoms. The van der Waals surface area contributed by atoms with Crippen molar-refractivity contribution in [1.82, 2.24) is 0 Å². The van der Waals surface area contributed by atoms with Gasteiger partial charge in [-0.2, -0.15) is 0 Å². The first-order valence-electron chi connectivity index (χ1n) is 14.9. The lowest BCUT2D eigenvalue weighted by molar-refractivity contribution is -0.129. The summed E-state index contributed by atoms with van der Waals surface area (Å²) in [6.07, 6.45) is 4.49. The molecule has 220 valence electrons. The van der Waals surface area contributed by atoms with Gasteiger partial charge >= 0.3 is 0 Å². The number of fused-ring (bicyclic) bond motifs is 1. The maximum Gasteiger partial charge on any atom is 0.238 e. The molecular weight excluding hydrogens is 556 g/mol. The summed E-state index contributed by atoms with van der Waals surface area (Å²) in [5.74, 6) is -3.15. The van der Waals surface area contributed by atoms with Crippen molar-refractivity contribution in [1.29, 1.82) is 0 Å². The molecule has 2 heterocycles. The molecule has 2 saturated heterocycles. The lowest BCUT2D eigenvalue weighted by Crippen LogP contribution is -2.51. The van der Waals surface area contributed by atoms with Crippen molar-refractivity contribution in [3.8, 4) is 11.5 Å². The first-order chi connectivity index (χ1) is 21.4. The zero-order chi connectivity index (χ0) is 30.3. The lowest BCUT2D eigenvalue weighted by atomic mass is 9.49. The Morgan fingerprint density at radius 2 is 1.14 bits per heavy atom. The molecule has 0 aromatic heterocycles. The van der Waals surface area contributed by atoms with E-state index >= 15 is 0 Å². The van der Waals surface area contributed by atoms with E-state index in [1.54, 1.807) is 62.8 Å². The van der Waals surface area contributed by atoms with E-state index in [9.17, 15) is 19.2 Å². The molecule has 0 N–H and O–H groups in total. The molecule has 6 aliphatic rings. The fraction of sp³-hybridized carbons (Fsp3) is 0.278. The number of carbonyl (C=O) groups excluding carboxylic acids is 4. The minimum atomic E-state index is -0.622. The van der Waals surface area contributed by atoms with Crippen LogP contribution in [0.3, 0.4) is 0 Å². The van der Waals surface area contributed by atoms with E-state index in [-0.39, 0.29) is 35.5 Å². The highest BCUT2D eigenvalue weighted by atomic mass is 16.5. The van der Waals surface area contributed by atoms with E-state index in [1.165, 1.54) is 9.80 Å². The molecule has 2 aliphatic heterocycles. The second-order valence-corrected chi connectivity index (χ2v) is 12.1. The molecule has 3 fully saturated rings. The summed E-state index contributed by atoms with van der Waals surface area (Å²) in [7, 11) is 3.13. The number of carbonyl (C=O) groups is 4. The number of imide groups is 2. The summed E-state index contributed by atoms with van der Waals surface area (Å²) >= 11 is 0. The highest BCUT2D eigenvalue weighted by Crippen LogP contribution is 2.63. The van der Waals surface area contributed by atoms with Gasteiger partial charge in [0.25, 0.3) is 0 Å². The predicted octanol–water partition coefficient (Wildman–Crippen LogP) is 4.90. The molecule has 8 nitrogen and oxygen atoms in total. The number of benzene rings is 3. The van der Waals surface area contributed by atoms with Crippen molar-refractivity contribution >= 4 is 40.6 Å². The maximum atomic E-state index is 14.3. The van der Waals surface area contributed by atoms with Gasteiger partial charge in [-0.15, -0.1) is 0 Å². The molecule has 44 heavy (non-hydrogen) atoms. The fourth-order valence-corrected chi connectivity index (χ4v) is 8.49. The molecule has 3 aromatic rings. The average molecular weight is 587 g/mol. The summed E-state index contributed by atoms with van der Waals surface area (Å²) in [5, 5.41) is 0. The topological polar surface area (TPSA) is 93.2 Å². The van der Waals surface area contributed by atoms with Crippen molar-refractivity contribution in [3.63, 3.8) is 0 Å². The van der Waals surface area contributed by atoms with Gasteiger partial charge in [0.15, 0.2) is 0 Å². The number of nitrogens with zero attached hydrogens (tertiary/aromatic N) is 2. The molecular formula is C36H30N2O6. The zero-order valence-corrected chi connectivity index (χ0v) is 24.3. The molecule has 4 aliphatic carbocycles. The van der Waals surface area contributed by atoms with Gasteiger partial charge in [-0.1, -0.05) is 48.1 Å². The van der Waals surface area contributed by atoms with Crippen molar-refractivity contribution in [2.75, 3.05) is 24.0 Å². The SMILES string of the molecule is COc1ccc(N2C(=O)[C@H]3[C@@H]4C=C[C@H](C5=C(c6ccccc6)C[C@H]6C(=O)N(c7ccc(OC)cc7)C(=O)[C@@H]6[C@H]54)[C@H]3C2=O)cc1. The molecule has 3 aromatic carbocycles. The Labute approximate surface area is 254 Å². The third-order valence-corrected chi connectivity index (χ3v) is 10.3. The second kappa shape index (κ2) is 9.77. The number of hydrogen-bond donors (Lipinski definition) is 0. The quantitative estimate of drug-likeness (QED) is 0.312. The highest BCUT2D eigenvalue weighted by Gasteiger charge is 2.67. The molecule has 7 atom stereocenters. The van der Waals surface area contributed by atoms with Gasteiger partial charge in [0.2, 0.25) is 23.6 Å². The Morgan fingerprint density at radius 3 is 1.73 bits per heavy atom. The lowest BCUT2D eigenvalue weighted by Gasteiger charge is -2.51. The fourth-order valence-electron chi connectivity index (χ4n) is 8.49. The van der Waals surface area contributed by atoms with Crippen LogP contribution in [0.1, 0.15) is 12.0 Å². The largest absolute Gasteiger partial charge is 0.497 e. The van der Waals surface area contributed by atoms with Crippen LogP contribution in [0.2, 0.25) is 0 Å². The third-order valence-electron chi connectivity index (χ3n) is 10.3. The van der Waals surface area contributed by atoms with Crippen LogP contribution in [-0.2, 0) is 19.2 Å². The number of allylic oxidation sites excluding steroid dienone is 4. The van der Waals surface area contributed by atoms with Gasteiger partial charge in [-0.3, -0.25) is 29.0 Å². The maximum absolute atomic E-state index is 14.3. The Bertz CT molecular complexity index is 1780. The predicted molar refractivity (Wildman–Crippen MR) is 163 cm³/mol. The van der Waals surface area contributed by atoms with E-state index in [0.29, 0.717) is 29.3 Å². The molecule has 2 bridgehead atoms. The number of hydrogen-bond acceptors (Lipinski definition) is 6. The van der Waals surface area contributed by atoms with Gasteiger partial charge in [0, 0.05) is 11.8 Å². The van der Waals surface area contributed by atoms with Crippen LogP contribution in [0.5, 0.6) is 11.5 Å². The standard InChI is InChI=1S/C36H30N2O6/c1-43-22-12-8-20(9-13-22)37-33(39)27-18-26(19-6-4-3-5-7-19)28-24-16-17-25(29(28)32(27)36(37)42)31-30(24)34(40)38(35(31)41)21-10-14-23(44-2)15-11-21/h3-17,24-25,27,29-32H,18H2,1-2H3/t24-,25-,27-,29+,30-,31+,32+/m1/s1. The van der Waals surface area contributed by atoms with Crippen LogP contribution in [-0.4, -0.2) is 37.8 Å². The van der Waals surface area contributed by atoms with Crippen molar-refractivity contribution in [2.24, 2.45) is 41.4 Å². The molecule has 0 unspecified atom stereocenters. The summed E-state index contributed by atoms with van der Waals surface area (Å²) in [6.45, 7) is 0. The second-order valence-electron chi connectivity index (χ2n) is 12.1. The van der Waals surface area contributed by atoms with E-state index in [2.05, 4.69) is 6.08 Å². The Balaban J connectivity index is 1.25. The smallest absolute Gasteiger partial charge is 0.238 e. The average Bonchev–Trinajstić information content (AvgIpc) is 3.50. The Hall–Kier alpha value is -4.98. The normalized spacial score (nSPS) is 30.1. The highest BCUT2D eigenvalue weighted by molar-refractivity contribution is 6.24. The zero-order valence-electron chi connectivity index (χ0n) is 24.3. The van der Waals surface area contributed by atoms with E-state index in [0.717, 1.165) is 16.7 Å². The van der Waals surface area contributed by atoms with Crippen molar-refractivity contribution in [3.05, 3.63) is 102 Å². The van der Waals surface area contributed by atoms with Crippen molar-refractivity contribution in [2.45, 2.75) is 6.42 Å². The van der Waals surface area contributed by atoms with E-state index in [1.807, 2.05) is 36.4 Å². The number of rotatable bonds is 5. The molecule has 0 radical (unpaired) electrons. The van der Waals surface area contributed by atoms with Crippen LogP contribution < -0.4 is 19.3 Å². The molecule has 0 spiro atoms. The number of anilines is 2. The van der Waals surface area contributed by atoms with Gasteiger partial charge in [-0.25, -0.2) is 0 Å². The summed E-state index contributed by atoms with van der Waals surface area (Å²) in [6, 6.07) is 23.8. The van der Waals surface area contributed by atoms with E-state index < -0.39 is 29.6 Å². The third kappa shape index (κ3) is 3.57. The van der Waals surface area contributed by atoms with E-state index in [4.69, 9.17) is 9.47 Å². The van der Waals surface area contributed by atoms with Crippen LogP contribution in [0, 0.1) is 41.4 Å². The Kier molecular flexibility index (Phi) is 5.92. The van der Waals surface area contributed by atoms with Crippen LogP contribution in [0.25, 0.3) is 5.57 Å². The van der Waals surface area contributed by atoms with Crippen molar-refractivity contribution < 1.29 is 28.7 Å². The molecule has 4 amide bonds. The first kappa shape index (κ1) is 26.6. The minimum Gasteiger partial charge on any atom is -0.497 e. The monoisotopic (exact) mass is 586 g/mol. The van der Waals surface area contributed by atoms with Crippen LogP contribution >= 0.6 is 0 Å². The van der Waals surface area contributed by atoms with Gasteiger partial charge in [-0.05, 0) is 72.0 Å². The van der Waals surface area contributed by atoms with Gasteiger partial charge < -0.3 is 9.47 Å². The molecule has 9 rings (SSSR count). The van der Waals surface area contributed by atoms with Crippen LogP contribution in [0.15, 0.2) is 96.6 Å². The van der Waals surface area contributed by atoms with Gasteiger partial charge in [0.05, 0.1) is 49.3 Å².